The molecule has 1 aromatic heterocycles. The molecule has 214 valence electrons. The van der Waals surface area contributed by atoms with Crippen molar-refractivity contribution in [3.05, 3.63) is 175 Å². The molecule has 0 fully saturated rings. The van der Waals surface area contributed by atoms with Crippen molar-refractivity contribution in [3.63, 3.8) is 0 Å². The summed E-state index contributed by atoms with van der Waals surface area (Å²) in [6, 6.07) is 53.0. The van der Waals surface area contributed by atoms with Gasteiger partial charge in [-0.3, -0.25) is 4.98 Å². The molecule has 5 nitrogen and oxygen atoms in total. The van der Waals surface area contributed by atoms with Gasteiger partial charge >= 0.3 is 0 Å². The number of rotatable bonds is 8. The average molecular weight is 603 g/mol. The third-order valence-corrected chi connectivity index (χ3v) is 12.4. The molecule has 0 aliphatic heterocycles. The van der Waals surface area contributed by atoms with Crippen LogP contribution in [0.25, 0.3) is 4.72 Å². The van der Waals surface area contributed by atoms with Crippen LogP contribution in [0.3, 0.4) is 0 Å². The van der Waals surface area contributed by atoms with E-state index in [0.717, 1.165) is 0 Å². The zero-order valence-electron chi connectivity index (χ0n) is 23.6. The first kappa shape index (κ1) is 29.7. The van der Waals surface area contributed by atoms with Crippen LogP contribution < -0.4 is 26.0 Å². The Bertz CT molecular complexity index is 1640. The van der Waals surface area contributed by atoms with Gasteiger partial charge in [0.05, 0.1) is 12.0 Å². The molecule has 0 bridgehead atoms. The third kappa shape index (κ3) is 6.83. The second-order valence-corrected chi connectivity index (χ2v) is 14.5. The van der Waals surface area contributed by atoms with E-state index in [4.69, 9.17) is 4.74 Å². The molecule has 43 heavy (non-hydrogen) atoms. The van der Waals surface area contributed by atoms with E-state index in [1.54, 1.807) is 12.1 Å². The van der Waals surface area contributed by atoms with Crippen LogP contribution in [0, 0.1) is 0 Å². The zero-order valence-corrected chi connectivity index (χ0v) is 25.4. The molecule has 6 aromatic rings. The molecule has 0 aliphatic carbocycles. The fraction of sp³-hybridized carbons (Fsp3) is 0.0278. The zero-order chi connectivity index (χ0) is 30.0. The molecular formula is C36H31N2O3PS. The topological polar surface area (TPSA) is 70.4 Å². The summed E-state index contributed by atoms with van der Waals surface area (Å²) >= 11 is 0. The van der Waals surface area contributed by atoms with Crippen LogP contribution in [0.15, 0.2) is 175 Å². The largest absolute Gasteiger partial charge is 0.573 e. The van der Waals surface area contributed by atoms with Crippen LogP contribution in [0.1, 0.15) is 0 Å². The number of hydrogen-bond acceptors (Lipinski definition) is 4. The molecule has 0 aliphatic rings. The molecule has 5 aromatic carbocycles. The van der Waals surface area contributed by atoms with Crippen molar-refractivity contribution in [2.24, 2.45) is 0 Å². The molecule has 0 amide bonds. The van der Waals surface area contributed by atoms with Crippen LogP contribution in [0.5, 0.6) is 5.75 Å². The van der Waals surface area contributed by atoms with Crippen molar-refractivity contribution < 1.29 is 13.2 Å². The molecule has 0 N–H and O–H groups in total. The molecule has 0 unspecified atom stereocenters. The van der Waals surface area contributed by atoms with Crippen molar-refractivity contribution in [2.75, 3.05) is 7.11 Å². The van der Waals surface area contributed by atoms with Crippen LogP contribution in [0.4, 0.5) is 5.69 Å². The predicted molar refractivity (Wildman–Crippen MR) is 179 cm³/mol. The van der Waals surface area contributed by atoms with Crippen molar-refractivity contribution in [1.82, 2.24) is 4.98 Å². The highest BCUT2D eigenvalue weighted by Crippen LogP contribution is 2.54. The van der Waals surface area contributed by atoms with E-state index >= 15 is 0 Å². The van der Waals surface area contributed by atoms with Gasteiger partial charge in [-0.15, -0.1) is 5.69 Å². The number of methoxy groups -OCH3 is 1. The Labute approximate surface area is 254 Å². The van der Waals surface area contributed by atoms with Crippen molar-refractivity contribution in [3.8, 4) is 5.75 Å². The Kier molecular flexibility index (Phi) is 9.63. The molecule has 1 heterocycles. The molecule has 0 spiro atoms. The summed E-state index contributed by atoms with van der Waals surface area (Å²) in [7, 11) is -4.08. The summed E-state index contributed by atoms with van der Waals surface area (Å²) < 4.78 is 32.6. The molecule has 0 atom stereocenters. The number of pyridine rings is 1. The highest BCUT2D eigenvalue weighted by Gasteiger charge is 2.47. The third-order valence-electron chi connectivity index (χ3n) is 6.82. The van der Waals surface area contributed by atoms with Gasteiger partial charge in [-0.25, -0.2) is 8.42 Å². The summed E-state index contributed by atoms with van der Waals surface area (Å²) in [6.45, 7) is 0. The summed E-state index contributed by atoms with van der Waals surface area (Å²) in [4.78, 5) is 3.92. The van der Waals surface area contributed by atoms with Gasteiger partial charge in [-0.05, 0) is 72.8 Å². The summed E-state index contributed by atoms with van der Waals surface area (Å²) in [5.41, 5.74) is 0.348. The first-order chi connectivity index (χ1) is 21.0. The van der Waals surface area contributed by atoms with Gasteiger partial charge < -0.3 is 9.46 Å². The van der Waals surface area contributed by atoms with Crippen molar-refractivity contribution in [2.45, 2.75) is 4.90 Å². The maximum atomic E-state index is 12.0. The molecule has 0 saturated carbocycles. The number of hydrogen-bond donors (Lipinski definition) is 0. The Hall–Kier alpha value is -4.77. The first-order valence-corrected chi connectivity index (χ1v) is 16.9. The highest BCUT2D eigenvalue weighted by atomic mass is 32.2. The van der Waals surface area contributed by atoms with E-state index in [1.165, 1.54) is 65.0 Å². The lowest BCUT2D eigenvalue weighted by molar-refractivity contribution is 0.414. The van der Waals surface area contributed by atoms with E-state index in [1.807, 2.05) is 0 Å². The quantitative estimate of drug-likeness (QED) is 0.180. The van der Waals surface area contributed by atoms with E-state index in [2.05, 4.69) is 131 Å². The monoisotopic (exact) mass is 602 g/mol. The normalized spacial score (nSPS) is 11.1. The van der Waals surface area contributed by atoms with Crippen LogP contribution in [-0.2, 0) is 10.0 Å². The summed E-state index contributed by atoms with van der Waals surface area (Å²) in [5.74, 6) is 0.595. The predicted octanol–water partition coefficient (Wildman–Crippen LogP) is 6.79. The molecule has 0 saturated heterocycles. The van der Waals surface area contributed by atoms with Gasteiger partial charge in [-0.1, -0.05) is 84.9 Å². The number of sulfonamides is 1. The molecule has 0 radical (unpaired) electrons. The minimum absolute atomic E-state index is 0.125. The van der Waals surface area contributed by atoms with Gasteiger partial charge in [0.1, 0.15) is 44.3 Å². The van der Waals surface area contributed by atoms with E-state index < -0.39 is 17.3 Å². The molecule has 6 rings (SSSR count). The maximum absolute atomic E-state index is 12.0. The van der Waals surface area contributed by atoms with E-state index in [9.17, 15) is 8.42 Å². The Morgan fingerprint density at radius 1 is 0.535 bits per heavy atom. The Morgan fingerprint density at radius 2 is 0.907 bits per heavy atom. The molecular weight excluding hydrogens is 571 g/mol. The smallest absolute Gasteiger partial charge is 0.144 e. The number of benzene rings is 5. The van der Waals surface area contributed by atoms with Gasteiger partial charge in [0, 0.05) is 12.4 Å². The lowest BCUT2D eigenvalue weighted by Gasteiger charge is -2.27. The number of aromatic nitrogens is 1. The Balaban J connectivity index is 0.000000181. The van der Waals surface area contributed by atoms with Crippen LogP contribution >= 0.6 is 7.26 Å². The van der Waals surface area contributed by atoms with Gasteiger partial charge in [-0.2, -0.15) is 0 Å². The number of nitrogens with zero attached hydrogens (tertiary/aromatic N) is 2. The van der Waals surface area contributed by atoms with Gasteiger partial charge in [0.2, 0.25) is 0 Å². The van der Waals surface area contributed by atoms with E-state index in [0.29, 0.717) is 11.4 Å². The lowest BCUT2D eigenvalue weighted by atomic mass is 10.3. The standard InChI is InChI=1S/C24H20P.C12H11N2O3S/c1-5-13-21(14-6-1)25(22-15-7-2-8-16-22,23-17-9-3-10-18-23)24-19-11-4-12-20-24;1-17-11-2-4-12(5-3-11)18(15,16)14-10-6-8-13-9-7-10/h1-20H;2-9H,1H3/q+1;-1. The maximum Gasteiger partial charge on any atom is 0.144 e. The lowest BCUT2D eigenvalue weighted by Crippen LogP contribution is -2.38. The minimum Gasteiger partial charge on any atom is -0.573 e. The SMILES string of the molecule is COc1ccc(S(=O)(=O)[N-]c2ccncc2)cc1.c1ccc([P+](c2ccccc2)(c2ccccc2)c2ccccc2)cc1. The van der Waals surface area contributed by atoms with Gasteiger partial charge in [0.15, 0.2) is 0 Å². The first-order valence-electron chi connectivity index (χ1n) is 13.7. The summed E-state index contributed by atoms with van der Waals surface area (Å²) in [5, 5.41) is 5.55. The highest BCUT2D eigenvalue weighted by molar-refractivity contribution is 8.01. The second-order valence-electron chi connectivity index (χ2n) is 9.46. The van der Waals surface area contributed by atoms with Crippen molar-refractivity contribution >= 4 is 44.2 Å². The van der Waals surface area contributed by atoms with Crippen LogP contribution in [-0.4, -0.2) is 20.5 Å². The van der Waals surface area contributed by atoms with Crippen LogP contribution in [0.2, 0.25) is 0 Å². The van der Waals surface area contributed by atoms with E-state index in [-0.39, 0.29) is 4.90 Å². The fourth-order valence-electron chi connectivity index (χ4n) is 4.84. The van der Waals surface area contributed by atoms with Crippen molar-refractivity contribution in [1.29, 1.82) is 0 Å². The summed E-state index contributed by atoms with van der Waals surface area (Å²) in [6.07, 6.45) is 2.98. The fourth-order valence-corrected chi connectivity index (χ4v) is 10.1. The Morgan fingerprint density at radius 3 is 1.26 bits per heavy atom. The minimum atomic E-state index is -3.70. The average Bonchev–Trinajstić information content (AvgIpc) is 3.08. The molecule has 7 heteroatoms. The number of ether oxygens (including phenoxy) is 1. The van der Waals surface area contributed by atoms with Gasteiger partial charge in [0.25, 0.3) is 0 Å². The second kappa shape index (κ2) is 13.9.